The van der Waals surface area contributed by atoms with Crippen LogP contribution in [0.5, 0.6) is 0 Å². The average Bonchev–Trinajstić information content (AvgIpc) is 3.08. The van der Waals surface area contributed by atoms with Crippen molar-refractivity contribution >= 4 is 33.7 Å². The number of benzene rings is 4. The van der Waals surface area contributed by atoms with Gasteiger partial charge in [0.15, 0.2) is 10.9 Å². The smallest absolute Gasteiger partial charge is 0.545 e. The van der Waals surface area contributed by atoms with Crippen LogP contribution in [0.2, 0.25) is 0 Å². The summed E-state index contributed by atoms with van der Waals surface area (Å²) in [4.78, 5) is 47.3. The fraction of sp³-hybridized carbons (Fsp3) is 0.158. The number of aromatic carboxylic acids is 2. The summed E-state index contributed by atoms with van der Waals surface area (Å²) in [6, 6.07) is 30.4. The number of carboxylic acid groups (broad SMARTS) is 2. The van der Waals surface area contributed by atoms with Gasteiger partial charge in [0.25, 0.3) is 0 Å². The molecule has 0 aliphatic heterocycles. The van der Waals surface area contributed by atoms with Crippen molar-refractivity contribution in [3.05, 3.63) is 163 Å². The Morgan fingerprint density at radius 3 is 1.24 bits per heavy atom. The summed E-state index contributed by atoms with van der Waals surface area (Å²) in [5.41, 5.74) is 3.30. The van der Waals surface area contributed by atoms with Crippen molar-refractivity contribution in [2.75, 3.05) is 13.2 Å². The molecule has 0 aliphatic carbocycles. The minimum absolute atomic E-state index is 0. The van der Waals surface area contributed by atoms with Crippen LogP contribution in [-0.2, 0) is 45.4 Å². The van der Waals surface area contributed by atoms with E-state index in [1.807, 2.05) is 72.8 Å². The van der Waals surface area contributed by atoms with Crippen LogP contribution >= 0.6 is 0 Å². The number of carbonyl (C=O) groups excluding carboxylic acids is 2. The van der Waals surface area contributed by atoms with E-state index in [0.29, 0.717) is 34.6 Å². The Hall–Kier alpha value is -5.22. The van der Waals surface area contributed by atoms with Crippen LogP contribution in [0.15, 0.2) is 119 Å². The van der Waals surface area contributed by atoms with Crippen LogP contribution in [0.25, 0.3) is 21.8 Å². The molecule has 10 nitrogen and oxygen atoms in total. The second-order valence-electron chi connectivity index (χ2n) is 11.2. The molecule has 49 heavy (non-hydrogen) atoms. The molecule has 0 bridgehead atoms. The minimum Gasteiger partial charge on any atom is -0.545 e. The summed E-state index contributed by atoms with van der Waals surface area (Å²) in [6.45, 7) is 0.0939. The van der Waals surface area contributed by atoms with Gasteiger partial charge in [0.1, 0.15) is 0 Å². The normalized spacial score (nSPS) is 10.7. The maximum atomic E-state index is 12.4. The van der Waals surface area contributed by atoms with Crippen molar-refractivity contribution in [1.82, 2.24) is 9.13 Å². The van der Waals surface area contributed by atoms with Crippen molar-refractivity contribution in [2.24, 2.45) is 0 Å². The van der Waals surface area contributed by atoms with Crippen molar-refractivity contribution in [3.8, 4) is 0 Å². The van der Waals surface area contributed by atoms with Gasteiger partial charge in [-0.25, -0.2) is 0 Å². The number of aliphatic hydroxyl groups excluding tert-OH is 2. The van der Waals surface area contributed by atoms with E-state index in [4.69, 9.17) is 10.2 Å². The molecule has 0 saturated heterocycles. The number of fused-ring (bicyclic) bond motifs is 2. The van der Waals surface area contributed by atoms with Gasteiger partial charge in [-0.05, 0) is 59.4 Å². The Labute approximate surface area is 293 Å². The summed E-state index contributed by atoms with van der Waals surface area (Å²) in [5.74, 6) is -3.02. The first-order chi connectivity index (χ1) is 23.2. The van der Waals surface area contributed by atoms with Gasteiger partial charge in [0, 0.05) is 36.3 Å². The summed E-state index contributed by atoms with van der Waals surface area (Å²) >= 11 is 0. The summed E-state index contributed by atoms with van der Waals surface area (Å²) in [6.07, 6.45) is 3.75. The topological polar surface area (TPSA) is 165 Å². The standard InChI is InChI=1S/2C19H17NO4.Zn/c2*21-9-8-20-12-16(19(23)24)18(22)15-11-14(6-7-17(15)20)10-13-4-2-1-3-5-13;/h2*1-7,11-12,21H,8-10H2,(H,23,24);/q;;+2/p-2. The molecule has 0 atom stereocenters. The quantitative estimate of drug-likeness (QED) is 0.204. The Morgan fingerprint density at radius 1 is 0.551 bits per heavy atom. The van der Waals surface area contributed by atoms with E-state index in [9.17, 15) is 29.4 Å². The number of pyridine rings is 2. The molecule has 6 aromatic rings. The van der Waals surface area contributed by atoms with Gasteiger partial charge >= 0.3 is 19.5 Å². The molecule has 2 N–H and O–H groups in total. The molecule has 244 valence electrons. The molecule has 4 aromatic carbocycles. The molecule has 0 spiro atoms. The first-order valence-electron chi connectivity index (χ1n) is 15.2. The fourth-order valence-corrected chi connectivity index (χ4v) is 5.65. The SMILES string of the molecule is O=C([O-])c1cn(CCO)c2ccc(Cc3ccccc3)cc2c1=O.O=C([O-])c1cn(CCO)c2ccc(Cc3ccccc3)cc2c1=O.[Zn+2]. The van der Waals surface area contributed by atoms with Gasteiger partial charge in [-0.15, -0.1) is 0 Å². The number of hydrogen-bond donors (Lipinski definition) is 2. The number of rotatable bonds is 10. The maximum Gasteiger partial charge on any atom is 2.00 e. The average molecular weight is 710 g/mol. The molecule has 0 aliphatic rings. The number of carbonyl (C=O) groups is 2. The molecule has 2 aromatic heterocycles. The Kier molecular flexibility index (Phi) is 12.5. The van der Waals surface area contributed by atoms with E-state index in [2.05, 4.69) is 0 Å². The second kappa shape index (κ2) is 16.7. The zero-order valence-corrected chi connectivity index (χ0v) is 29.5. The minimum atomic E-state index is -1.51. The predicted molar refractivity (Wildman–Crippen MR) is 178 cm³/mol. The van der Waals surface area contributed by atoms with Crippen LogP contribution in [0.1, 0.15) is 43.0 Å². The largest absolute Gasteiger partial charge is 2.00 e. The van der Waals surface area contributed by atoms with Gasteiger partial charge < -0.3 is 39.1 Å². The van der Waals surface area contributed by atoms with Crippen LogP contribution in [0, 0.1) is 0 Å². The molecule has 0 saturated carbocycles. The van der Waals surface area contributed by atoms with Gasteiger partial charge in [0.05, 0.1) is 47.3 Å². The zero-order chi connectivity index (χ0) is 34.2. The predicted octanol–water partition coefficient (Wildman–Crippen LogP) is 1.89. The Morgan fingerprint density at radius 2 is 0.918 bits per heavy atom. The third-order valence-corrected chi connectivity index (χ3v) is 7.91. The number of nitrogens with zero attached hydrogens (tertiary/aromatic N) is 2. The molecule has 6 rings (SSSR count). The monoisotopic (exact) mass is 708 g/mol. The Balaban J connectivity index is 0.000000216. The van der Waals surface area contributed by atoms with Gasteiger partial charge in [0.2, 0.25) is 0 Å². The molecule has 0 amide bonds. The maximum absolute atomic E-state index is 12.4. The van der Waals surface area contributed by atoms with Crippen molar-refractivity contribution in [2.45, 2.75) is 25.9 Å². The van der Waals surface area contributed by atoms with Crippen molar-refractivity contribution in [1.29, 1.82) is 0 Å². The molecule has 11 heteroatoms. The third kappa shape index (κ3) is 8.63. The third-order valence-electron chi connectivity index (χ3n) is 7.91. The van der Waals surface area contributed by atoms with E-state index in [-0.39, 0.29) is 45.8 Å². The summed E-state index contributed by atoms with van der Waals surface area (Å²) in [5, 5.41) is 41.4. The second-order valence-corrected chi connectivity index (χ2v) is 11.2. The summed E-state index contributed by atoms with van der Waals surface area (Å²) < 4.78 is 3.13. The van der Waals surface area contributed by atoms with Gasteiger partial charge in [-0.1, -0.05) is 72.8 Å². The summed E-state index contributed by atoms with van der Waals surface area (Å²) in [7, 11) is 0. The number of hydrogen-bond acceptors (Lipinski definition) is 8. The van der Waals surface area contributed by atoms with Crippen molar-refractivity contribution in [3.63, 3.8) is 0 Å². The van der Waals surface area contributed by atoms with Crippen LogP contribution in [0.4, 0.5) is 0 Å². The number of aromatic nitrogens is 2. The molecule has 0 radical (unpaired) electrons. The van der Waals surface area contributed by atoms with E-state index in [0.717, 1.165) is 22.3 Å². The van der Waals surface area contributed by atoms with E-state index in [1.54, 1.807) is 33.4 Å². The van der Waals surface area contributed by atoms with Crippen molar-refractivity contribution < 1.29 is 49.5 Å². The fourth-order valence-electron chi connectivity index (χ4n) is 5.65. The molecule has 0 fully saturated rings. The number of carboxylic acids is 2. The first kappa shape index (κ1) is 36.6. The first-order valence-corrected chi connectivity index (χ1v) is 15.2. The van der Waals surface area contributed by atoms with E-state index < -0.39 is 33.9 Å². The van der Waals surface area contributed by atoms with Gasteiger partial charge in [-0.2, -0.15) is 0 Å². The van der Waals surface area contributed by atoms with Crippen LogP contribution < -0.4 is 21.1 Å². The zero-order valence-electron chi connectivity index (χ0n) is 26.6. The molecular formula is C38H32N2O8Zn. The molecule has 0 unspecified atom stereocenters. The molecular weight excluding hydrogens is 678 g/mol. The van der Waals surface area contributed by atoms with Crippen LogP contribution in [-0.4, -0.2) is 44.5 Å². The Bertz CT molecular complexity index is 2060. The van der Waals surface area contributed by atoms with E-state index in [1.165, 1.54) is 12.4 Å². The van der Waals surface area contributed by atoms with Gasteiger partial charge in [-0.3, -0.25) is 9.59 Å². The molecule has 2 heterocycles. The van der Waals surface area contributed by atoms with E-state index >= 15 is 0 Å². The van der Waals surface area contributed by atoms with Crippen LogP contribution in [0.3, 0.4) is 0 Å². The number of aliphatic hydroxyl groups is 2.